The zero-order valence-corrected chi connectivity index (χ0v) is 21.8. The fourth-order valence-corrected chi connectivity index (χ4v) is 6.35. The molecule has 0 N–H and O–H groups in total. The number of furan rings is 2. The molecule has 0 unspecified atom stereocenters. The highest BCUT2D eigenvalue weighted by atomic mass is 16.3. The molecule has 0 bridgehead atoms. The molecule has 0 atom stereocenters. The summed E-state index contributed by atoms with van der Waals surface area (Å²) < 4.78 is 14.8. The van der Waals surface area contributed by atoms with Gasteiger partial charge in [-0.05, 0) is 71.8 Å². The average molecular weight is 525 g/mol. The van der Waals surface area contributed by atoms with Crippen LogP contribution in [0.1, 0.15) is 5.56 Å². The average Bonchev–Trinajstić information content (AvgIpc) is 3.69. The first-order valence-electron chi connectivity index (χ1n) is 13.6. The molecule has 4 nitrogen and oxygen atoms in total. The van der Waals surface area contributed by atoms with Gasteiger partial charge in [0.2, 0.25) is 0 Å². The highest BCUT2D eigenvalue weighted by Crippen LogP contribution is 2.40. The van der Waals surface area contributed by atoms with Crippen molar-refractivity contribution in [3.63, 3.8) is 0 Å². The quantitative estimate of drug-likeness (QED) is 0.226. The lowest BCUT2D eigenvalue weighted by atomic mass is 10.0. The Labute approximate surface area is 233 Å². The van der Waals surface area contributed by atoms with Crippen LogP contribution in [-0.4, -0.2) is 4.57 Å². The zero-order chi connectivity index (χ0) is 27.1. The van der Waals surface area contributed by atoms with Gasteiger partial charge >= 0.3 is 0 Å². The number of fused-ring (bicyclic) bond motifs is 9. The SMILES string of the molecule is N#Cc1ccc2oc3ccc(-c4ccc5c(c4)c4ccccc4n5-c4cccc5c4oc4ccccc45)cc3c2c1. The van der Waals surface area contributed by atoms with Crippen LogP contribution in [0.4, 0.5) is 0 Å². The van der Waals surface area contributed by atoms with Gasteiger partial charge < -0.3 is 13.4 Å². The summed E-state index contributed by atoms with van der Waals surface area (Å²) >= 11 is 0. The summed E-state index contributed by atoms with van der Waals surface area (Å²) in [4.78, 5) is 0. The molecule has 9 rings (SSSR count). The van der Waals surface area contributed by atoms with Crippen LogP contribution in [0, 0.1) is 11.3 Å². The van der Waals surface area contributed by atoms with Crippen molar-refractivity contribution in [2.45, 2.75) is 0 Å². The third-order valence-corrected chi connectivity index (χ3v) is 8.23. The molecule has 0 radical (unpaired) electrons. The van der Waals surface area contributed by atoms with E-state index in [-0.39, 0.29) is 0 Å². The molecule has 9 aromatic rings. The standard InChI is InChI=1S/C37H20N2O2/c38-21-22-12-16-35-29(18-22)30-20-24(14-17-36(30)40-35)23-13-15-32-28(19-23)25-6-1-3-9-31(25)39(32)33-10-5-8-27-26-7-2-4-11-34(26)41-37(27)33/h1-20H. The van der Waals surface area contributed by atoms with E-state index < -0.39 is 0 Å². The Kier molecular flexibility index (Phi) is 4.37. The number of aromatic nitrogens is 1. The van der Waals surface area contributed by atoms with Crippen LogP contribution in [-0.2, 0) is 0 Å². The monoisotopic (exact) mass is 524 g/mol. The third-order valence-electron chi connectivity index (χ3n) is 8.23. The Hall–Kier alpha value is -5.79. The van der Waals surface area contributed by atoms with Crippen LogP contribution in [0.25, 0.3) is 82.5 Å². The van der Waals surface area contributed by atoms with E-state index in [1.807, 2.05) is 30.3 Å². The van der Waals surface area contributed by atoms with Crippen molar-refractivity contribution in [1.82, 2.24) is 4.57 Å². The minimum Gasteiger partial charge on any atom is -0.456 e. The van der Waals surface area contributed by atoms with Gasteiger partial charge in [0.1, 0.15) is 16.7 Å². The molecule has 3 aromatic heterocycles. The molecule has 3 heterocycles. The van der Waals surface area contributed by atoms with Gasteiger partial charge in [0.25, 0.3) is 0 Å². The molecule has 0 spiro atoms. The van der Waals surface area contributed by atoms with Gasteiger partial charge in [0.05, 0.1) is 28.4 Å². The zero-order valence-electron chi connectivity index (χ0n) is 21.8. The number of hydrogen-bond acceptors (Lipinski definition) is 3. The van der Waals surface area contributed by atoms with E-state index in [1.54, 1.807) is 6.07 Å². The molecular weight excluding hydrogens is 504 g/mol. The molecule has 0 aliphatic carbocycles. The first-order chi connectivity index (χ1) is 20.3. The van der Waals surface area contributed by atoms with Gasteiger partial charge in [0, 0.05) is 32.3 Å². The van der Waals surface area contributed by atoms with Crippen molar-refractivity contribution >= 4 is 65.7 Å². The number of benzene rings is 6. The number of rotatable bonds is 2. The maximum atomic E-state index is 9.42. The summed E-state index contributed by atoms with van der Waals surface area (Å²) in [6.45, 7) is 0. The van der Waals surface area contributed by atoms with Crippen molar-refractivity contribution in [3.05, 3.63) is 127 Å². The number of nitrogens with zero attached hydrogens (tertiary/aromatic N) is 2. The van der Waals surface area contributed by atoms with E-state index in [0.29, 0.717) is 5.56 Å². The molecule has 0 fully saturated rings. The minimum absolute atomic E-state index is 0.624. The van der Waals surface area contributed by atoms with Crippen LogP contribution in [0.3, 0.4) is 0 Å². The first kappa shape index (κ1) is 22.1. The van der Waals surface area contributed by atoms with Crippen LogP contribution in [0.2, 0.25) is 0 Å². The molecule has 0 amide bonds. The predicted molar refractivity (Wildman–Crippen MR) is 165 cm³/mol. The largest absolute Gasteiger partial charge is 0.456 e. The van der Waals surface area contributed by atoms with Crippen molar-refractivity contribution < 1.29 is 8.83 Å². The molecule has 4 heteroatoms. The molecule has 0 aliphatic rings. The Morgan fingerprint density at radius 3 is 2.02 bits per heavy atom. The second-order valence-electron chi connectivity index (χ2n) is 10.5. The Morgan fingerprint density at radius 2 is 1.15 bits per heavy atom. The van der Waals surface area contributed by atoms with Crippen LogP contribution < -0.4 is 0 Å². The smallest absolute Gasteiger partial charge is 0.159 e. The number of hydrogen-bond donors (Lipinski definition) is 0. The lowest BCUT2D eigenvalue weighted by Crippen LogP contribution is -1.94. The molecular formula is C37H20N2O2. The second kappa shape index (κ2) is 8.11. The number of nitriles is 1. The van der Waals surface area contributed by atoms with Gasteiger partial charge in [0.15, 0.2) is 5.58 Å². The Bertz CT molecular complexity index is 2550. The highest BCUT2D eigenvalue weighted by molar-refractivity contribution is 6.14. The number of para-hydroxylation sites is 3. The van der Waals surface area contributed by atoms with Crippen molar-refractivity contribution in [3.8, 4) is 22.9 Å². The lowest BCUT2D eigenvalue weighted by molar-refractivity contribution is 0.666. The van der Waals surface area contributed by atoms with E-state index in [2.05, 4.69) is 95.6 Å². The third kappa shape index (κ3) is 3.09. The van der Waals surface area contributed by atoms with Gasteiger partial charge in [-0.1, -0.05) is 60.7 Å². The molecule has 41 heavy (non-hydrogen) atoms. The summed E-state index contributed by atoms with van der Waals surface area (Å²) in [5.41, 5.74) is 9.50. The molecule has 190 valence electrons. The van der Waals surface area contributed by atoms with Crippen LogP contribution in [0.15, 0.2) is 130 Å². The van der Waals surface area contributed by atoms with Crippen molar-refractivity contribution in [2.24, 2.45) is 0 Å². The fourth-order valence-electron chi connectivity index (χ4n) is 6.35. The molecule has 6 aromatic carbocycles. The molecule has 0 saturated heterocycles. The van der Waals surface area contributed by atoms with Crippen LogP contribution in [0.5, 0.6) is 0 Å². The molecule has 0 saturated carbocycles. The second-order valence-corrected chi connectivity index (χ2v) is 10.5. The lowest BCUT2D eigenvalue weighted by Gasteiger charge is -2.09. The molecule has 0 aliphatic heterocycles. The van der Waals surface area contributed by atoms with Gasteiger partial charge in [-0.15, -0.1) is 0 Å². The fraction of sp³-hybridized carbons (Fsp3) is 0. The summed E-state index contributed by atoms with van der Waals surface area (Å²) in [6.07, 6.45) is 0. The van der Waals surface area contributed by atoms with E-state index in [1.165, 1.54) is 10.8 Å². The summed E-state index contributed by atoms with van der Waals surface area (Å²) in [5.74, 6) is 0. The summed E-state index contributed by atoms with van der Waals surface area (Å²) in [7, 11) is 0. The van der Waals surface area contributed by atoms with E-state index >= 15 is 0 Å². The van der Waals surface area contributed by atoms with Gasteiger partial charge in [-0.3, -0.25) is 0 Å². The first-order valence-corrected chi connectivity index (χ1v) is 13.6. The highest BCUT2D eigenvalue weighted by Gasteiger charge is 2.18. The van der Waals surface area contributed by atoms with E-state index in [0.717, 1.165) is 71.7 Å². The van der Waals surface area contributed by atoms with Crippen molar-refractivity contribution in [2.75, 3.05) is 0 Å². The normalized spacial score (nSPS) is 11.9. The van der Waals surface area contributed by atoms with Crippen LogP contribution >= 0.6 is 0 Å². The summed E-state index contributed by atoms with van der Waals surface area (Å²) in [5, 5.41) is 16.0. The van der Waals surface area contributed by atoms with Gasteiger partial charge in [-0.2, -0.15) is 5.26 Å². The predicted octanol–water partition coefficient (Wildman–Crippen LogP) is 10.1. The topological polar surface area (TPSA) is 55.0 Å². The van der Waals surface area contributed by atoms with E-state index in [9.17, 15) is 5.26 Å². The minimum atomic E-state index is 0.624. The maximum absolute atomic E-state index is 9.42. The Balaban J connectivity index is 1.29. The van der Waals surface area contributed by atoms with Gasteiger partial charge in [-0.25, -0.2) is 0 Å². The van der Waals surface area contributed by atoms with E-state index in [4.69, 9.17) is 8.83 Å². The summed E-state index contributed by atoms with van der Waals surface area (Å²) in [6, 6.07) is 43.9. The maximum Gasteiger partial charge on any atom is 0.159 e. The van der Waals surface area contributed by atoms with Crippen molar-refractivity contribution in [1.29, 1.82) is 5.26 Å². The Morgan fingerprint density at radius 1 is 0.488 bits per heavy atom.